The fourth-order valence-corrected chi connectivity index (χ4v) is 5.42. The van der Waals surface area contributed by atoms with Crippen molar-refractivity contribution in [2.24, 2.45) is 5.92 Å². The van der Waals surface area contributed by atoms with E-state index in [-0.39, 0.29) is 24.2 Å². The molecule has 30 heavy (non-hydrogen) atoms. The van der Waals surface area contributed by atoms with Gasteiger partial charge in [-0.3, -0.25) is 14.2 Å². The minimum atomic E-state index is -0.367. The van der Waals surface area contributed by atoms with Gasteiger partial charge >= 0.3 is 5.97 Å². The Morgan fingerprint density at radius 1 is 1.23 bits per heavy atom. The van der Waals surface area contributed by atoms with Crippen LogP contribution in [0, 0.1) is 5.92 Å². The predicted molar refractivity (Wildman–Crippen MR) is 124 cm³/mol. The maximum atomic E-state index is 13.3. The molecule has 7 heteroatoms. The van der Waals surface area contributed by atoms with Gasteiger partial charge in [0.05, 0.1) is 11.7 Å². The molecule has 1 aliphatic carbocycles. The van der Waals surface area contributed by atoms with Crippen LogP contribution in [0.25, 0.3) is 21.3 Å². The van der Waals surface area contributed by atoms with Crippen molar-refractivity contribution in [2.75, 3.05) is 0 Å². The summed E-state index contributed by atoms with van der Waals surface area (Å²) in [5, 5.41) is 0.584. The number of nitrogens with zero attached hydrogens (tertiary/aromatic N) is 2. The second kappa shape index (κ2) is 9.02. The van der Waals surface area contributed by atoms with Gasteiger partial charge in [-0.15, -0.1) is 11.3 Å². The standard InChI is InChI=1S/C23H25BrN2O3S/c1-3-18-20(15-6-8-16(24)9-7-15)21-22(30-18)25-13-26(23(21)28)12-19(27)29-17-10-4-14(2)5-11-17/h6-9,13-14,17H,3-5,10-12H2,1-2H3. The van der Waals surface area contributed by atoms with E-state index < -0.39 is 0 Å². The van der Waals surface area contributed by atoms with Crippen molar-refractivity contribution >= 4 is 43.5 Å². The molecule has 0 bridgehead atoms. The molecule has 0 N–H and O–H groups in total. The first-order valence-electron chi connectivity index (χ1n) is 10.4. The number of thiophene rings is 1. The summed E-state index contributed by atoms with van der Waals surface area (Å²) in [6, 6.07) is 7.94. The molecule has 1 aliphatic rings. The number of esters is 1. The van der Waals surface area contributed by atoms with E-state index in [0.717, 1.165) is 52.6 Å². The normalized spacial score (nSPS) is 19.2. The summed E-state index contributed by atoms with van der Waals surface area (Å²) in [7, 11) is 0. The predicted octanol–water partition coefficient (Wildman–Crippen LogP) is 5.57. The number of aromatic nitrogens is 2. The Labute approximate surface area is 188 Å². The van der Waals surface area contributed by atoms with E-state index in [0.29, 0.717) is 16.1 Å². The summed E-state index contributed by atoms with van der Waals surface area (Å²) in [5.41, 5.74) is 1.71. The van der Waals surface area contributed by atoms with Crippen LogP contribution in [0.5, 0.6) is 0 Å². The minimum Gasteiger partial charge on any atom is -0.461 e. The Morgan fingerprint density at radius 2 is 1.93 bits per heavy atom. The molecule has 2 heterocycles. The monoisotopic (exact) mass is 488 g/mol. The lowest BCUT2D eigenvalue weighted by Gasteiger charge is -2.26. The highest BCUT2D eigenvalue weighted by Crippen LogP contribution is 2.36. The van der Waals surface area contributed by atoms with Crippen molar-refractivity contribution in [2.45, 2.75) is 58.6 Å². The number of hydrogen-bond acceptors (Lipinski definition) is 5. The molecule has 1 aromatic carbocycles. The summed E-state index contributed by atoms with van der Waals surface area (Å²) < 4.78 is 8.00. The first-order valence-corrected chi connectivity index (χ1v) is 12.0. The van der Waals surface area contributed by atoms with Crippen LogP contribution in [0.1, 0.15) is 44.4 Å². The summed E-state index contributed by atoms with van der Waals surface area (Å²) in [6.45, 7) is 4.20. The van der Waals surface area contributed by atoms with E-state index in [1.807, 2.05) is 24.3 Å². The Bertz CT molecular complexity index is 1110. The van der Waals surface area contributed by atoms with Crippen LogP contribution in [0.3, 0.4) is 0 Å². The molecule has 1 fully saturated rings. The largest absolute Gasteiger partial charge is 0.461 e. The van der Waals surface area contributed by atoms with Crippen LogP contribution in [-0.4, -0.2) is 21.6 Å². The van der Waals surface area contributed by atoms with Gasteiger partial charge in [-0.2, -0.15) is 0 Å². The van der Waals surface area contributed by atoms with Crippen molar-refractivity contribution < 1.29 is 9.53 Å². The third-order valence-electron chi connectivity index (χ3n) is 5.77. The van der Waals surface area contributed by atoms with Gasteiger partial charge in [-0.25, -0.2) is 4.98 Å². The van der Waals surface area contributed by atoms with Crippen molar-refractivity contribution in [3.05, 3.63) is 50.3 Å². The zero-order valence-corrected chi connectivity index (χ0v) is 19.6. The average Bonchev–Trinajstić information content (AvgIpc) is 3.12. The molecule has 0 atom stereocenters. The summed E-state index contributed by atoms with van der Waals surface area (Å²) in [4.78, 5) is 32.1. The molecule has 158 valence electrons. The lowest BCUT2D eigenvalue weighted by Crippen LogP contribution is -2.29. The van der Waals surface area contributed by atoms with Gasteiger partial charge in [-0.05, 0) is 55.7 Å². The molecule has 4 rings (SSSR count). The highest BCUT2D eigenvalue weighted by atomic mass is 79.9. The van der Waals surface area contributed by atoms with Crippen molar-refractivity contribution in [3.8, 4) is 11.1 Å². The van der Waals surface area contributed by atoms with Crippen molar-refractivity contribution in [3.63, 3.8) is 0 Å². The van der Waals surface area contributed by atoms with Crippen LogP contribution in [0.4, 0.5) is 0 Å². The van der Waals surface area contributed by atoms with E-state index in [2.05, 4.69) is 34.8 Å². The topological polar surface area (TPSA) is 61.2 Å². The molecule has 2 aromatic heterocycles. The van der Waals surface area contributed by atoms with Crippen molar-refractivity contribution in [1.29, 1.82) is 0 Å². The first-order chi connectivity index (χ1) is 14.5. The second-order valence-electron chi connectivity index (χ2n) is 7.99. The molecule has 5 nitrogen and oxygen atoms in total. The lowest BCUT2D eigenvalue weighted by molar-refractivity contribution is -0.151. The number of ether oxygens (including phenoxy) is 1. The van der Waals surface area contributed by atoms with Crippen LogP contribution >= 0.6 is 27.3 Å². The molecule has 3 aromatic rings. The zero-order valence-electron chi connectivity index (χ0n) is 17.2. The number of carbonyl (C=O) groups excluding carboxylic acids is 1. The summed E-state index contributed by atoms with van der Waals surface area (Å²) >= 11 is 5.01. The molecule has 0 saturated heterocycles. The van der Waals surface area contributed by atoms with Gasteiger partial charge < -0.3 is 4.74 Å². The van der Waals surface area contributed by atoms with Gasteiger partial charge in [0, 0.05) is 14.9 Å². The smallest absolute Gasteiger partial charge is 0.326 e. The van der Waals surface area contributed by atoms with E-state index in [4.69, 9.17) is 4.74 Å². The van der Waals surface area contributed by atoms with Gasteiger partial charge in [0.25, 0.3) is 5.56 Å². The van der Waals surface area contributed by atoms with E-state index in [1.54, 1.807) is 11.3 Å². The van der Waals surface area contributed by atoms with Gasteiger partial charge in [0.1, 0.15) is 17.5 Å². The number of benzene rings is 1. The molecule has 1 saturated carbocycles. The van der Waals surface area contributed by atoms with Gasteiger partial charge in [-0.1, -0.05) is 41.9 Å². The molecule has 0 spiro atoms. The quantitative estimate of drug-likeness (QED) is 0.440. The summed E-state index contributed by atoms with van der Waals surface area (Å²) in [6.07, 6.45) is 6.21. The number of rotatable bonds is 5. The van der Waals surface area contributed by atoms with Gasteiger partial charge in [0.2, 0.25) is 0 Å². The maximum Gasteiger partial charge on any atom is 0.326 e. The highest BCUT2D eigenvalue weighted by Gasteiger charge is 2.23. The number of hydrogen-bond donors (Lipinski definition) is 0. The summed E-state index contributed by atoms with van der Waals surface area (Å²) in [5.74, 6) is 0.325. The SMILES string of the molecule is CCc1sc2ncn(CC(=O)OC3CCC(C)CC3)c(=O)c2c1-c1ccc(Br)cc1. The molecule has 0 unspecified atom stereocenters. The van der Waals surface area contributed by atoms with Gasteiger partial charge in [0.15, 0.2) is 0 Å². The lowest BCUT2D eigenvalue weighted by atomic mass is 9.89. The van der Waals surface area contributed by atoms with E-state index in [9.17, 15) is 9.59 Å². The highest BCUT2D eigenvalue weighted by molar-refractivity contribution is 9.10. The number of halogens is 1. The third kappa shape index (κ3) is 4.37. The molecular weight excluding hydrogens is 464 g/mol. The Kier molecular flexibility index (Phi) is 6.39. The second-order valence-corrected chi connectivity index (χ2v) is 9.99. The molecule has 0 amide bonds. The fourth-order valence-electron chi connectivity index (χ4n) is 4.07. The van der Waals surface area contributed by atoms with Crippen LogP contribution in [-0.2, 0) is 22.5 Å². The fraction of sp³-hybridized carbons (Fsp3) is 0.435. The number of fused-ring (bicyclic) bond motifs is 1. The number of carbonyl (C=O) groups is 1. The molecule has 0 radical (unpaired) electrons. The molecular formula is C23H25BrN2O3S. The Morgan fingerprint density at radius 3 is 2.60 bits per heavy atom. The van der Waals surface area contributed by atoms with E-state index in [1.165, 1.54) is 10.9 Å². The number of aryl methyl sites for hydroxylation is 1. The van der Waals surface area contributed by atoms with Crippen LogP contribution in [0.2, 0.25) is 0 Å². The zero-order chi connectivity index (χ0) is 21.3. The minimum absolute atomic E-state index is 0.0349. The third-order valence-corrected chi connectivity index (χ3v) is 7.54. The van der Waals surface area contributed by atoms with Crippen LogP contribution in [0.15, 0.2) is 39.9 Å². The molecule has 0 aliphatic heterocycles. The average molecular weight is 489 g/mol. The first kappa shape index (κ1) is 21.2. The van der Waals surface area contributed by atoms with Crippen molar-refractivity contribution in [1.82, 2.24) is 9.55 Å². The Hall–Kier alpha value is -1.99. The Balaban J connectivity index is 1.64. The van der Waals surface area contributed by atoms with E-state index >= 15 is 0 Å². The maximum absolute atomic E-state index is 13.3. The van der Waals surface area contributed by atoms with Crippen LogP contribution < -0.4 is 5.56 Å².